The predicted octanol–water partition coefficient (Wildman–Crippen LogP) is 1.68. The van der Waals surface area contributed by atoms with Gasteiger partial charge in [0.05, 0.1) is 7.11 Å². The number of aromatic amines is 1. The van der Waals surface area contributed by atoms with Crippen LogP contribution in [0, 0.1) is 4.77 Å². The van der Waals surface area contributed by atoms with Gasteiger partial charge < -0.3 is 14.6 Å². The Morgan fingerprint density at radius 3 is 2.81 bits per heavy atom. The molecule has 21 heavy (non-hydrogen) atoms. The number of imidazole rings is 1. The van der Waals surface area contributed by atoms with Gasteiger partial charge in [0.2, 0.25) is 11.8 Å². The van der Waals surface area contributed by atoms with E-state index in [2.05, 4.69) is 15.0 Å². The molecule has 0 aliphatic carbocycles. The first kappa shape index (κ1) is 14.0. The van der Waals surface area contributed by atoms with Crippen LogP contribution in [0.2, 0.25) is 0 Å². The van der Waals surface area contributed by atoms with Gasteiger partial charge in [0, 0.05) is 13.1 Å². The zero-order valence-corrected chi connectivity index (χ0v) is 12.8. The Kier molecular flexibility index (Phi) is 3.62. The number of carbonyl (C=O) groups excluding carboxylic acids is 1. The van der Waals surface area contributed by atoms with Gasteiger partial charge in [-0.2, -0.15) is 4.98 Å². The van der Waals surface area contributed by atoms with Crippen molar-refractivity contribution in [1.29, 1.82) is 0 Å². The van der Waals surface area contributed by atoms with Crippen molar-refractivity contribution in [3.8, 4) is 5.88 Å². The summed E-state index contributed by atoms with van der Waals surface area (Å²) >= 11 is 5.34. The van der Waals surface area contributed by atoms with Gasteiger partial charge in [0.25, 0.3) is 0 Å². The van der Waals surface area contributed by atoms with E-state index in [0.717, 1.165) is 25.9 Å². The van der Waals surface area contributed by atoms with Gasteiger partial charge in [-0.05, 0) is 32.0 Å². The topological polar surface area (TPSA) is 76.0 Å². The average Bonchev–Trinajstić information content (AvgIpc) is 3.12. The number of amides is 1. The van der Waals surface area contributed by atoms with Crippen molar-refractivity contribution in [3.05, 3.63) is 11.1 Å². The Labute approximate surface area is 126 Å². The minimum Gasteiger partial charge on any atom is -0.479 e. The molecule has 8 heteroatoms. The maximum atomic E-state index is 12.6. The molecule has 1 aliphatic heterocycles. The summed E-state index contributed by atoms with van der Waals surface area (Å²) in [5.41, 5.74) is 1.21. The van der Waals surface area contributed by atoms with E-state index < -0.39 is 6.04 Å². The fourth-order valence-electron chi connectivity index (χ4n) is 2.74. The molecule has 1 saturated heterocycles. The molecule has 7 nitrogen and oxygen atoms in total. The number of likely N-dealkylation sites (tertiary alicyclic amines) is 1. The normalized spacial score (nSPS) is 16.4. The molecule has 0 aromatic carbocycles. The molecule has 1 fully saturated rings. The Bertz CT molecular complexity index is 732. The number of ether oxygens (including phenoxy) is 1. The first-order chi connectivity index (χ1) is 10.1. The summed E-state index contributed by atoms with van der Waals surface area (Å²) in [5.74, 6) is 0.493. The molecule has 1 N–H and O–H groups in total. The molecular weight excluding hydrogens is 290 g/mol. The third kappa shape index (κ3) is 2.29. The van der Waals surface area contributed by atoms with Crippen molar-refractivity contribution in [2.75, 3.05) is 20.2 Å². The van der Waals surface area contributed by atoms with E-state index in [1.165, 1.54) is 13.4 Å². The highest BCUT2D eigenvalue weighted by molar-refractivity contribution is 7.71. The Morgan fingerprint density at radius 2 is 2.14 bits per heavy atom. The van der Waals surface area contributed by atoms with Gasteiger partial charge in [-0.3, -0.25) is 9.36 Å². The molecule has 1 amide bonds. The van der Waals surface area contributed by atoms with Crippen LogP contribution in [-0.4, -0.2) is 50.5 Å². The van der Waals surface area contributed by atoms with Crippen LogP contribution >= 0.6 is 12.2 Å². The summed E-state index contributed by atoms with van der Waals surface area (Å²) in [6.07, 6.45) is 3.54. The third-order valence-electron chi connectivity index (χ3n) is 3.83. The summed E-state index contributed by atoms with van der Waals surface area (Å²) < 4.78 is 7.38. The van der Waals surface area contributed by atoms with Crippen LogP contribution in [-0.2, 0) is 4.79 Å². The van der Waals surface area contributed by atoms with Crippen molar-refractivity contribution in [2.24, 2.45) is 0 Å². The van der Waals surface area contributed by atoms with Crippen LogP contribution in [0.1, 0.15) is 25.8 Å². The number of hydrogen-bond acceptors (Lipinski definition) is 5. The maximum absolute atomic E-state index is 12.6. The van der Waals surface area contributed by atoms with E-state index in [4.69, 9.17) is 17.0 Å². The smallest absolute Gasteiger partial charge is 0.245 e. The fraction of sp³-hybridized carbons (Fsp3) is 0.538. The van der Waals surface area contributed by atoms with Crippen molar-refractivity contribution in [2.45, 2.75) is 25.8 Å². The number of aromatic nitrogens is 4. The lowest BCUT2D eigenvalue weighted by atomic mass is 10.3. The molecule has 112 valence electrons. The van der Waals surface area contributed by atoms with E-state index >= 15 is 0 Å². The van der Waals surface area contributed by atoms with E-state index in [9.17, 15) is 4.79 Å². The van der Waals surface area contributed by atoms with Crippen LogP contribution in [0.5, 0.6) is 5.88 Å². The third-order valence-corrected chi connectivity index (χ3v) is 4.13. The lowest BCUT2D eigenvalue weighted by molar-refractivity contribution is -0.133. The van der Waals surface area contributed by atoms with Crippen LogP contribution in [0.25, 0.3) is 11.2 Å². The molecule has 0 bridgehead atoms. The largest absolute Gasteiger partial charge is 0.479 e. The molecule has 1 aliphatic rings. The van der Waals surface area contributed by atoms with Crippen LogP contribution in [0.15, 0.2) is 6.33 Å². The first-order valence-corrected chi connectivity index (χ1v) is 7.32. The SMILES string of the molecule is COc1ncnc2c1[nH]c(=S)n2C(C)C(=O)N1CCCC1. The van der Waals surface area contributed by atoms with Crippen molar-refractivity contribution in [3.63, 3.8) is 0 Å². The van der Waals surface area contributed by atoms with Gasteiger partial charge in [0.1, 0.15) is 17.9 Å². The number of nitrogens with one attached hydrogen (secondary N) is 1. The molecule has 3 heterocycles. The first-order valence-electron chi connectivity index (χ1n) is 6.91. The van der Waals surface area contributed by atoms with E-state index in [1.807, 2.05) is 11.8 Å². The molecule has 0 radical (unpaired) electrons. The van der Waals surface area contributed by atoms with Crippen molar-refractivity contribution < 1.29 is 9.53 Å². The number of fused-ring (bicyclic) bond motifs is 1. The summed E-state index contributed by atoms with van der Waals surface area (Å²) in [4.78, 5) is 25.8. The zero-order chi connectivity index (χ0) is 15.0. The predicted molar refractivity (Wildman–Crippen MR) is 79.8 cm³/mol. The van der Waals surface area contributed by atoms with Gasteiger partial charge in [-0.25, -0.2) is 4.98 Å². The van der Waals surface area contributed by atoms with Crippen molar-refractivity contribution in [1.82, 2.24) is 24.4 Å². The number of methoxy groups -OCH3 is 1. The number of rotatable bonds is 3. The second-order valence-electron chi connectivity index (χ2n) is 5.09. The lowest BCUT2D eigenvalue weighted by Gasteiger charge is -2.21. The van der Waals surface area contributed by atoms with E-state index in [1.54, 1.807) is 4.57 Å². The summed E-state index contributed by atoms with van der Waals surface area (Å²) in [7, 11) is 1.54. The summed E-state index contributed by atoms with van der Waals surface area (Å²) in [5, 5.41) is 0. The van der Waals surface area contributed by atoms with E-state index in [0.29, 0.717) is 21.8 Å². The number of carbonyl (C=O) groups is 1. The molecule has 2 aromatic heterocycles. The molecule has 3 rings (SSSR count). The molecular formula is C13H17N5O2S. The molecule has 1 atom stereocenters. The fourth-order valence-corrected chi connectivity index (χ4v) is 3.09. The molecule has 0 saturated carbocycles. The molecule has 2 aromatic rings. The summed E-state index contributed by atoms with van der Waals surface area (Å²) in [6, 6.07) is -0.399. The number of nitrogens with zero attached hydrogens (tertiary/aromatic N) is 4. The Morgan fingerprint density at radius 1 is 1.43 bits per heavy atom. The van der Waals surface area contributed by atoms with Gasteiger partial charge in [-0.15, -0.1) is 0 Å². The second kappa shape index (κ2) is 5.44. The minimum absolute atomic E-state index is 0.0714. The Hall–Kier alpha value is -1.96. The number of hydrogen-bond donors (Lipinski definition) is 1. The maximum Gasteiger partial charge on any atom is 0.245 e. The molecule has 0 spiro atoms. The average molecular weight is 307 g/mol. The van der Waals surface area contributed by atoms with Gasteiger partial charge >= 0.3 is 0 Å². The highest BCUT2D eigenvalue weighted by Gasteiger charge is 2.27. The highest BCUT2D eigenvalue weighted by atomic mass is 32.1. The highest BCUT2D eigenvalue weighted by Crippen LogP contribution is 2.24. The minimum atomic E-state index is -0.399. The van der Waals surface area contributed by atoms with Crippen molar-refractivity contribution >= 4 is 29.3 Å². The molecule has 1 unspecified atom stereocenters. The van der Waals surface area contributed by atoms with Crippen LogP contribution < -0.4 is 4.74 Å². The standard InChI is InChI=1S/C13H17N5O2S/c1-8(12(19)17-5-3-4-6-17)18-10-9(16-13(18)21)11(20-2)15-7-14-10/h7-8H,3-6H2,1-2H3,(H,16,21). The van der Waals surface area contributed by atoms with Crippen LogP contribution in [0.4, 0.5) is 0 Å². The quantitative estimate of drug-likeness (QED) is 0.873. The summed E-state index contributed by atoms with van der Waals surface area (Å²) in [6.45, 7) is 3.48. The van der Waals surface area contributed by atoms with Gasteiger partial charge in [-0.1, -0.05) is 0 Å². The number of H-pyrrole nitrogens is 1. The lowest BCUT2D eigenvalue weighted by Crippen LogP contribution is -2.34. The Balaban J connectivity index is 2.05. The van der Waals surface area contributed by atoms with E-state index in [-0.39, 0.29) is 5.91 Å². The zero-order valence-electron chi connectivity index (χ0n) is 12.0. The van der Waals surface area contributed by atoms with Crippen LogP contribution in [0.3, 0.4) is 0 Å². The van der Waals surface area contributed by atoms with Gasteiger partial charge in [0.15, 0.2) is 10.4 Å². The monoisotopic (exact) mass is 307 g/mol. The second-order valence-corrected chi connectivity index (χ2v) is 5.48.